The molecule has 0 aliphatic carbocycles. The molecule has 0 N–H and O–H groups in total. The summed E-state index contributed by atoms with van der Waals surface area (Å²) >= 11 is 1.05. The van der Waals surface area contributed by atoms with Gasteiger partial charge in [0.05, 0.1) is 36.4 Å². The van der Waals surface area contributed by atoms with Crippen LogP contribution in [0.1, 0.15) is 50.0 Å². The van der Waals surface area contributed by atoms with E-state index in [4.69, 9.17) is 13.9 Å². The molecule has 8 nitrogen and oxygen atoms in total. The summed E-state index contributed by atoms with van der Waals surface area (Å²) in [7, 11) is 1.56. The highest BCUT2D eigenvalue weighted by Crippen LogP contribution is 2.43. The number of benzene rings is 2. The minimum atomic E-state index is -0.783. The van der Waals surface area contributed by atoms with Gasteiger partial charge in [-0.15, -0.1) is 0 Å². The van der Waals surface area contributed by atoms with Crippen LogP contribution in [0.25, 0.3) is 11.0 Å². The van der Waals surface area contributed by atoms with Crippen LogP contribution in [0.4, 0.5) is 5.13 Å². The van der Waals surface area contributed by atoms with Gasteiger partial charge in [-0.1, -0.05) is 35.6 Å². The van der Waals surface area contributed by atoms with E-state index in [1.807, 2.05) is 0 Å². The van der Waals surface area contributed by atoms with E-state index in [-0.39, 0.29) is 28.5 Å². The zero-order valence-electron chi connectivity index (χ0n) is 18.7. The Bertz CT molecular complexity index is 1490. The lowest BCUT2D eigenvalue weighted by molar-refractivity contribution is 0.0531. The first-order valence-corrected chi connectivity index (χ1v) is 11.4. The first-order valence-electron chi connectivity index (χ1n) is 10.6. The van der Waals surface area contributed by atoms with Crippen molar-refractivity contribution in [3.8, 4) is 5.75 Å². The second kappa shape index (κ2) is 8.42. The Hall–Kier alpha value is -3.98. The normalized spacial score (nSPS) is 15.0. The van der Waals surface area contributed by atoms with Crippen LogP contribution in [0.15, 0.2) is 57.7 Å². The molecule has 34 heavy (non-hydrogen) atoms. The van der Waals surface area contributed by atoms with E-state index < -0.39 is 17.9 Å². The zero-order chi connectivity index (χ0) is 24.0. The fourth-order valence-electron chi connectivity index (χ4n) is 4.09. The van der Waals surface area contributed by atoms with Gasteiger partial charge in [0.15, 0.2) is 10.6 Å². The minimum absolute atomic E-state index is 0.0324. The Kier molecular flexibility index (Phi) is 5.41. The highest BCUT2D eigenvalue weighted by molar-refractivity contribution is 7.17. The molecule has 0 spiro atoms. The lowest BCUT2D eigenvalue weighted by Crippen LogP contribution is -2.29. The molecule has 0 bridgehead atoms. The molecule has 9 heteroatoms. The average Bonchev–Trinajstić information content (AvgIpc) is 3.37. The van der Waals surface area contributed by atoms with Crippen molar-refractivity contribution < 1.29 is 23.5 Å². The number of esters is 1. The number of aromatic nitrogens is 1. The molecule has 0 radical (unpaired) electrons. The van der Waals surface area contributed by atoms with Gasteiger partial charge in [-0.3, -0.25) is 14.5 Å². The molecule has 1 atom stereocenters. The van der Waals surface area contributed by atoms with Gasteiger partial charge >= 0.3 is 5.97 Å². The Balaban J connectivity index is 1.73. The number of rotatable bonds is 5. The van der Waals surface area contributed by atoms with E-state index in [1.54, 1.807) is 69.5 Å². The van der Waals surface area contributed by atoms with Gasteiger partial charge in [0, 0.05) is 0 Å². The molecule has 5 rings (SSSR count). The van der Waals surface area contributed by atoms with E-state index in [1.165, 1.54) is 4.90 Å². The lowest BCUT2D eigenvalue weighted by atomic mass is 9.98. The topological polar surface area (TPSA) is 98.9 Å². The van der Waals surface area contributed by atoms with Crippen LogP contribution in [-0.4, -0.2) is 30.6 Å². The molecular formula is C25H20N2O6S. The third-order valence-electron chi connectivity index (χ3n) is 5.66. The third-order valence-corrected chi connectivity index (χ3v) is 6.80. The van der Waals surface area contributed by atoms with Crippen molar-refractivity contribution in [1.82, 2.24) is 4.98 Å². The van der Waals surface area contributed by atoms with Crippen LogP contribution >= 0.6 is 11.3 Å². The minimum Gasteiger partial charge on any atom is -0.497 e. The number of carbonyl (C=O) groups is 2. The second-order valence-electron chi connectivity index (χ2n) is 7.65. The lowest BCUT2D eigenvalue weighted by Gasteiger charge is -2.22. The number of methoxy groups -OCH3 is 1. The molecular weight excluding hydrogens is 456 g/mol. The molecule has 3 heterocycles. The van der Waals surface area contributed by atoms with Crippen molar-refractivity contribution in [3.05, 3.63) is 86.2 Å². The average molecular weight is 477 g/mol. The quantitative estimate of drug-likeness (QED) is 0.391. The van der Waals surface area contributed by atoms with E-state index in [0.717, 1.165) is 11.3 Å². The summed E-state index contributed by atoms with van der Waals surface area (Å²) in [4.78, 5) is 45.8. The Labute approximate surface area is 198 Å². The Morgan fingerprint density at radius 1 is 1.15 bits per heavy atom. The third kappa shape index (κ3) is 3.36. The number of hydrogen-bond acceptors (Lipinski definition) is 8. The number of nitrogens with zero attached hydrogens (tertiary/aromatic N) is 2. The summed E-state index contributed by atoms with van der Waals surface area (Å²) in [5.41, 5.74) is 1.41. The fourth-order valence-corrected chi connectivity index (χ4v) is 5.08. The molecule has 2 aromatic carbocycles. The second-order valence-corrected chi connectivity index (χ2v) is 8.63. The number of fused-ring (bicyclic) bond motifs is 2. The molecule has 2 aromatic heterocycles. The van der Waals surface area contributed by atoms with Crippen LogP contribution in [0.5, 0.6) is 5.75 Å². The molecule has 0 fully saturated rings. The van der Waals surface area contributed by atoms with Gasteiger partial charge in [0.2, 0.25) is 5.76 Å². The van der Waals surface area contributed by atoms with Gasteiger partial charge in [-0.2, -0.15) is 0 Å². The number of para-hydroxylation sites is 1. The van der Waals surface area contributed by atoms with Gasteiger partial charge in [0.1, 0.15) is 16.2 Å². The molecule has 0 unspecified atom stereocenters. The van der Waals surface area contributed by atoms with Crippen LogP contribution in [0, 0.1) is 6.92 Å². The van der Waals surface area contributed by atoms with Gasteiger partial charge < -0.3 is 13.9 Å². The summed E-state index contributed by atoms with van der Waals surface area (Å²) in [5, 5.41) is 0.665. The number of thiazole rings is 1. The maximum atomic E-state index is 13.6. The maximum Gasteiger partial charge on any atom is 0.350 e. The van der Waals surface area contributed by atoms with Gasteiger partial charge in [-0.05, 0) is 43.7 Å². The number of anilines is 1. The molecule has 0 saturated heterocycles. The van der Waals surface area contributed by atoms with Crippen LogP contribution in [0.3, 0.4) is 0 Å². The maximum absolute atomic E-state index is 13.6. The van der Waals surface area contributed by atoms with Crippen molar-refractivity contribution in [2.24, 2.45) is 0 Å². The van der Waals surface area contributed by atoms with Crippen LogP contribution in [0.2, 0.25) is 0 Å². The first kappa shape index (κ1) is 21.8. The van der Waals surface area contributed by atoms with E-state index in [9.17, 15) is 14.4 Å². The molecule has 0 saturated carbocycles. The Morgan fingerprint density at radius 3 is 2.59 bits per heavy atom. The summed E-state index contributed by atoms with van der Waals surface area (Å²) in [6.07, 6.45) is 0. The highest BCUT2D eigenvalue weighted by Gasteiger charge is 2.45. The van der Waals surface area contributed by atoms with E-state index in [0.29, 0.717) is 32.9 Å². The molecule has 172 valence electrons. The van der Waals surface area contributed by atoms with Crippen LogP contribution < -0.4 is 15.1 Å². The van der Waals surface area contributed by atoms with Gasteiger partial charge in [-0.25, -0.2) is 9.78 Å². The number of aryl methyl sites for hydroxylation is 1. The fraction of sp³-hybridized carbons (Fsp3) is 0.200. The predicted octanol–water partition coefficient (Wildman–Crippen LogP) is 4.49. The molecule has 1 aliphatic rings. The number of ether oxygens (including phenoxy) is 2. The van der Waals surface area contributed by atoms with E-state index >= 15 is 0 Å². The SMILES string of the molecule is CCOC(=O)c1sc(N2C(=O)c3oc4ccccc4c(=O)c3[C@@H]2c2ccc(OC)cc2)nc1C. The molecule has 4 aromatic rings. The molecule has 1 aliphatic heterocycles. The zero-order valence-corrected chi connectivity index (χ0v) is 19.5. The molecule has 1 amide bonds. The van der Waals surface area contributed by atoms with Crippen molar-refractivity contribution in [3.63, 3.8) is 0 Å². The number of amides is 1. The monoisotopic (exact) mass is 476 g/mol. The summed E-state index contributed by atoms with van der Waals surface area (Å²) < 4.78 is 16.3. The summed E-state index contributed by atoms with van der Waals surface area (Å²) in [6.45, 7) is 3.62. The largest absolute Gasteiger partial charge is 0.497 e. The van der Waals surface area contributed by atoms with Crippen LogP contribution in [-0.2, 0) is 4.74 Å². The van der Waals surface area contributed by atoms with E-state index in [2.05, 4.69) is 4.98 Å². The van der Waals surface area contributed by atoms with Crippen molar-refractivity contribution in [2.75, 3.05) is 18.6 Å². The van der Waals surface area contributed by atoms with Gasteiger partial charge in [0.25, 0.3) is 5.91 Å². The number of carbonyl (C=O) groups excluding carboxylic acids is 2. The standard InChI is InChI=1S/C25H20N2O6S/c1-4-32-24(30)22-13(2)26-25(34-22)27-19(14-9-11-15(31-3)12-10-14)18-20(28)16-7-5-6-8-17(16)33-21(18)23(27)29/h5-12,19H,4H2,1-3H3/t19-/m0/s1. The van der Waals surface area contributed by atoms with Crippen molar-refractivity contribution in [1.29, 1.82) is 0 Å². The predicted molar refractivity (Wildman–Crippen MR) is 127 cm³/mol. The smallest absolute Gasteiger partial charge is 0.350 e. The summed E-state index contributed by atoms with van der Waals surface area (Å²) in [5.74, 6) is -0.396. The van der Waals surface area contributed by atoms with Crippen molar-refractivity contribution >= 4 is 39.3 Å². The Morgan fingerprint density at radius 2 is 1.88 bits per heavy atom. The summed E-state index contributed by atoms with van der Waals surface area (Å²) in [6, 6.07) is 13.1. The first-order chi connectivity index (χ1) is 16.4. The highest BCUT2D eigenvalue weighted by atomic mass is 32.1. The van der Waals surface area contributed by atoms with Crippen molar-refractivity contribution in [2.45, 2.75) is 19.9 Å². The number of hydrogen-bond donors (Lipinski definition) is 0.